The summed E-state index contributed by atoms with van der Waals surface area (Å²) in [4.78, 5) is 16.5. The second kappa shape index (κ2) is 8.54. The predicted molar refractivity (Wildman–Crippen MR) is 106 cm³/mol. The number of thiazole rings is 1. The molecule has 0 radical (unpaired) electrons. The zero-order chi connectivity index (χ0) is 18.5. The number of nitrogens with one attached hydrogen (secondary N) is 1. The molecule has 4 nitrogen and oxygen atoms in total. The van der Waals surface area contributed by atoms with Gasteiger partial charge in [-0.1, -0.05) is 41.4 Å². The maximum Gasteiger partial charge on any atom is 0.258 e. The third-order valence-electron chi connectivity index (χ3n) is 3.54. The number of amides is 1. The van der Waals surface area contributed by atoms with E-state index in [0.717, 1.165) is 21.8 Å². The Labute approximate surface area is 165 Å². The summed E-state index contributed by atoms with van der Waals surface area (Å²) in [5.74, 6) is 0.193. The van der Waals surface area contributed by atoms with Gasteiger partial charge >= 0.3 is 0 Å². The summed E-state index contributed by atoms with van der Waals surface area (Å²) in [7, 11) is 0. The summed E-state index contributed by atoms with van der Waals surface area (Å²) in [6.07, 6.45) is 0. The highest BCUT2D eigenvalue weighted by molar-refractivity contribution is 7.13. The molecule has 3 aromatic rings. The fourth-order valence-electron chi connectivity index (χ4n) is 2.29. The van der Waals surface area contributed by atoms with Gasteiger partial charge in [0.05, 0.1) is 5.02 Å². The molecule has 0 aliphatic rings. The lowest BCUT2D eigenvalue weighted by Crippen LogP contribution is -2.28. The third-order valence-corrected chi connectivity index (χ3v) is 5.07. The van der Waals surface area contributed by atoms with Crippen molar-refractivity contribution in [3.8, 4) is 16.3 Å². The highest BCUT2D eigenvalue weighted by atomic mass is 35.5. The van der Waals surface area contributed by atoms with Gasteiger partial charge in [-0.15, -0.1) is 11.3 Å². The maximum absolute atomic E-state index is 12.0. The number of carbonyl (C=O) groups excluding carboxylic acids is 1. The second-order valence-electron chi connectivity index (χ2n) is 5.63. The topological polar surface area (TPSA) is 51.2 Å². The van der Waals surface area contributed by atoms with Gasteiger partial charge in [0.1, 0.15) is 10.8 Å². The molecule has 0 aliphatic carbocycles. The Morgan fingerprint density at radius 2 is 2.08 bits per heavy atom. The number of benzene rings is 2. The van der Waals surface area contributed by atoms with Crippen LogP contribution in [0.5, 0.6) is 5.75 Å². The van der Waals surface area contributed by atoms with Gasteiger partial charge in [0.25, 0.3) is 5.91 Å². The Hall–Kier alpha value is -2.08. The van der Waals surface area contributed by atoms with Crippen molar-refractivity contribution in [2.24, 2.45) is 0 Å². The van der Waals surface area contributed by atoms with E-state index < -0.39 is 0 Å². The molecule has 0 spiro atoms. The molecule has 0 saturated heterocycles. The van der Waals surface area contributed by atoms with E-state index in [2.05, 4.69) is 10.3 Å². The minimum Gasteiger partial charge on any atom is -0.482 e. The van der Waals surface area contributed by atoms with Crippen LogP contribution in [0.3, 0.4) is 0 Å². The van der Waals surface area contributed by atoms with Crippen molar-refractivity contribution >= 4 is 40.4 Å². The highest BCUT2D eigenvalue weighted by Gasteiger charge is 2.08. The van der Waals surface area contributed by atoms with Crippen LogP contribution in [0.4, 0.5) is 0 Å². The fourth-order valence-corrected chi connectivity index (χ4v) is 3.55. The third kappa shape index (κ3) is 4.97. The average Bonchev–Trinajstić information content (AvgIpc) is 3.06. The number of nitrogens with zero attached hydrogens (tertiary/aromatic N) is 1. The van der Waals surface area contributed by atoms with Crippen LogP contribution in [0.25, 0.3) is 10.6 Å². The number of halogens is 2. The van der Waals surface area contributed by atoms with Crippen LogP contribution in [-0.4, -0.2) is 17.5 Å². The van der Waals surface area contributed by atoms with E-state index in [1.165, 1.54) is 0 Å². The molecule has 7 heteroatoms. The van der Waals surface area contributed by atoms with E-state index in [1.54, 1.807) is 29.5 Å². The van der Waals surface area contributed by atoms with Gasteiger partial charge in [-0.05, 0) is 36.8 Å². The summed E-state index contributed by atoms with van der Waals surface area (Å²) in [5.41, 5.74) is 3.04. The summed E-state index contributed by atoms with van der Waals surface area (Å²) in [5, 5.41) is 6.71. The van der Waals surface area contributed by atoms with E-state index in [0.29, 0.717) is 22.3 Å². The number of rotatable bonds is 6. The van der Waals surface area contributed by atoms with Crippen LogP contribution < -0.4 is 10.1 Å². The molecular weight excluding hydrogens is 391 g/mol. The van der Waals surface area contributed by atoms with E-state index in [9.17, 15) is 4.79 Å². The Morgan fingerprint density at radius 1 is 1.23 bits per heavy atom. The molecule has 0 fully saturated rings. The van der Waals surface area contributed by atoms with Crippen molar-refractivity contribution in [1.29, 1.82) is 0 Å². The lowest BCUT2D eigenvalue weighted by molar-refractivity contribution is -0.123. The first-order chi connectivity index (χ1) is 12.5. The minimum absolute atomic E-state index is 0.118. The van der Waals surface area contributed by atoms with Gasteiger partial charge in [-0.3, -0.25) is 4.79 Å². The summed E-state index contributed by atoms with van der Waals surface area (Å²) < 4.78 is 5.43. The van der Waals surface area contributed by atoms with Crippen LogP contribution in [0, 0.1) is 6.92 Å². The van der Waals surface area contributed by atoms with Crippen LogP contribution in [0.15, 0.2) is 47.8 Å². The Bertz CT molecular complexity index is 927. The van der Waals surface area contributed by atoms with Crippen LogP contribution in [0.2, 0.25) is 10.0 Å². The first kappa shape index (κ1) is 18.7. The number of aromatic nitrogens is 1. The van der Waals surface area contributed by atoms with Crippen molar-refractivity contribution in [3.05, 3.63) is 69.1 Å². The molecule has 1 amide bonds. The quantitative estimate of drug-likeness (QED) is 0.617. The van der Waals surface area contributed by atoms with Crippen molar-refractivity contribution in [2.45, 2.75) is 13.5 Å². The monoisotopic (exact) mass is 406 g/mol. The molecule has 0 aliphatic heterocycles. The first-order valence-corrected chi connectivity index (χ1v) is 9.51. The average molecular weight is 407 g/mol. The van der Waals surface area contributed by atoms with Gasteiger partial charge in [0, 0.05) is 28.2 Å². The zero-order valence-electron chi connectivity index (χ0n) is 14.0. The predicted octanol–water partition coefficient (Wildman–Crippen LogP) is 5.12. The molecule has 3 rings (SSSR count). The number of ether oxygens (including phenoxy) is 1. The Morgan fingerprint density at radius 3 is 2.81 bits per heavy atom. The number of aryl methyl sites for hydroxylation is 1. The van der Waals surface area contributed by atoms with E-state index in [4.69, 9.17) is 27.9 Å². The summed E-state index contributed by atoms with van der Waals surface area (Å²) in [6.45, 7) is 2.26. The maximum atomic E-state index is 12.0. The SMILES string of the molecule is Cc1csc(-c2cccc(CNC(=O)COc3ccc(Cl)cc3Cl)c2)n1. The van der Waals surface area contributed by atoms with Crippen LogP contribution in [-0.2, 0) is 11.3 Å². The smallest absolute Gasteiger partial charge is 0.258 e. The molecule has 1 N–H and O–H groups in total. The molecule has 0 unspecified atom stereocenters. The summed E-state index contributed by atoms with van der Waals surface area (Å²) in [6, 6.07) is 12.8. The lowest BCUT2D eigenvalue weighted by atomic mass is 10.1. The van der Waals surface area contributed by atoms with Crippen molar-refractivity contribution < 1.29 is 9.53 Å². The van der Waals surface area contributed by atoms with Gasteiger partial charge < -0.3 is 10.1 Å². The largest absolute Gasteiger partial charge is 0.482 e. The van der Waals surface area contributed by atoms with Gasteiger partial charge in [-0.25, -0.2) is 4.98 Å². The van der Waals surface area contributed by atoms with Crippen molar-refractivity contribution in [2.75, 3.05) is 6.61 Å². The molecule has 1 aromatic heterocycles. The van der Waals surface area contributed by atoms with E-state index >= 15 is 0 Å². The number of hydrogen-bond donors (Lipinski definition) is 1. The normalized spacial score (nSPS) is 10.6. The molecule has 2 aromatic carbocycles. The molecule has 1 heterocycles. The second-order valence-corrected chi connectivity index (χ2v) is 7.34. The first-order valence-electron chi connectivity index (χ1n) is 7.87. The molecule has 0 atom stereocenters. The van der Waals surface area contributed by atoms with Crippen molar-refractivity contribution in [3.63, 3.8) is 0 Å². The Kier molecular flexibility index (Phi) is 6.14. The molecule has 0 bridgehead atoms. The highest BCUT2D eigenvalue weighted by Crippen LogP contribution is 2.27. The Balaban J connectivity index is 1.54. The molecule has 26 heavy (non-hydrogen) atoms. The number of carbonyl (C=O) groups is 1. The zero-order valence-corrected chi connectivity index (χ0v) is 16.3. The fraction of sp³-hybridized carbons (Fsp3) is 0.158. The van der Waals surface area contributed by atoms with Crippen LogP contribution in [0.1, 0.15) is 11.3 Å². The van der Waals surface area contributed by atoms with Gasteiger partial charge in [0.15, 0.2) is 6.61 Å². The lowest BCUT2D eigenvalue weighted by Gasteiger charge is -2.09. The standard InChI is InChI=1S/C19H16Cl2N2O2S/c1-12-11-26-19(23-12)14-4-2-3-13(7-14)9-22-18(24)10-25-17-6-5-15(20)8-16(17)21/h2-8,11H,9-10H2,1H3,(H,22,24). The van der Waals surface area contributed by atoms with E-state index in [1.807, 2.05) is 36.6 Å². The van der Waals surface area contributed by atoms with Gasteiger partial charge in [-0.2, -0.15) is 0 Å². The van der Waals surface area contributed by atoms with Gasteiger partial charge in [0.2, 0.25) is 0 Å². The van der Waals surface area contributed by atoms with Crippen LogP contribution >= 0.6 is 34.5 Å². The molecule has 0 saturated carbocycles. The van der Waals surface area contributed by atoms with Crippen molar-refractivity contribution in [1.82, 2.24) is 10.3 Å². The summed E-state index contributed by atoms with van der Waals surface area (Å²) >= 11 is 13.5. The number of hydrogen-bond acceptors (Lipinski definition) is 4. The molecular formula is C19H16Cl2N2O2S. The molecule has 134 valence electrons. The minimum atomic E-state index is -0.230. The van der Waals surface area contributed by atoms with E-state index in [-0.39, 0.29) is 12.5 Å².